The highest BCUT2D eigenvalue weighted by Crippen LogP contribution is 2.36. The number of carbonyl (C=O) groups is 3. The summed E-state index contributed by atoms with van der Waals surface area (Å²) in [5, 5.41) is 4.18. The molecule has 0 aliphatic heterocycles. The number of esters is 1. The van der Waals surface area contributed by atoms with E-state index < -0.39 is 18.4 Å². The number of hydrogen-bond donors (Lipinski definition) is 1. The average Bonchev–Trinajstić information content (AvgIpc) is 3.45. The topological polar surface area (TPSA) is 85.6 Å². The van der Waals surface area contributed by atoms with Crippen LogP contribution < -0.4 is 5.32 Å². The lowest BCUT2D eigenvalue weighted by Gasteiger charge is -2.07. The van der Waals surface area contributed by atoms with Gasteiger partial charge in [0.2, 0.25) is 11.7 Å². The van der Waals surface area contributed by atoms with Crippen molar-refractivity contribution in [2.24, 2.45) is 5.92 Å². The number of carbonyl (C=O) groups excluding carboxylic acids is 3. The number of fused-ring (bicyclic) bond motifs is 1. The van der Waals surface area contributed by atoms with E-state index in [4.69, 9.17) is 9.15 Å². The molecule has 6 nitrogen and oxygen atoms in total. The van der Waals surface area contributed by atoms with Gasteiger partial charge in [-0.05, 0) is 45.2 Å². The summed E-state index contributed by atoms with van der Waals surface area (Å²) < 4.78 is 10.9. The summed E-state index contributed by atoms with van der Waals surface area (Å²) in [5.74, 6) is -0.881. The van der Waals surface area contributed by atoms with Gasteiger partial charge in [-0.3, -0.25) is 9.59 Å². The molecule has 1 aliphatic rings. The van der Waals surface area contributed by atoms with Crippen LogP contribution >= 0.6 is 11.3 Å². The van der Waals surface area contributed by atoms with E-state index in [0.29, 0.717) is 16.1 Å². The summed E-state index contributed by atoms with van der Waals surface area (Å²) in [6, 6.07) is 7.37. The zero-order chi connectivity index (χ0) is 20.7. The molecule has 0 atom stereocenters. The number of anilines is 1. The number of furan rings is 1. The van der Waals surface area contributed by atoms with Gasteiger partial charge in [-0.25, -0.2) is 4.79 Å². The fraction of sp³-hybridized carbons (Fsp3) is 0.318. The van der Waals surface area contributed by atoms with Gasteiger partial charge in [-0.15, -0.1) is 11.3 Å². The molecule has 0 bridgehead atoms. The lowest BCUT2D eigenvalue weighted by Crippen LogP contribution is -2.18. The second-order valence-corrected chi connectivity index (χ2v) is 8.53. The Bertz CT molecular complexity index is 1140. The first-order valence-corrected chi connectivity index (χ1v) is 10.3. The molecule has 1 aliphatic carbocycles. The van der Waals surface area contributed by atoms with Gasteiger partial charge in [0, 0.05) is 21.7 Å². The first-order chi connectivity index (χ1) is 13.9. The highest BCUT2D eigenvalue weighted by Gasteiger charge is 2.32. The molecular weight excluding hydrogens is 390 g/mol. The maximum absolute atomic E-state index is 12.7. The summed E-state index contributed by atoms with van der Waals surface area (Å²) in [6.45, 7) is 5.07. The molecule has 1 aromatic carbocycles. The molecular formula is C22H21NO5S. The average molecular weight is 411 g/mol. The van der Waals surface area contributed by atoms with Crippen molar-refractivity contribution in [3.05, 3.63) is 51.6 Å². The van der Waals surface area contributed by atoms with Gasteiger partial charge in [-0.1, -0.05) is 18.2 Å². The van der Waals surface area contributed by atoms with Crippen molar-refractivity contribution in [2.75, 3.05) is 11.9 Å². The first-order valence-electron chi connectivity index (χ1n) is 9.46. The van der Waals surface area contributed by atoms with E-state index in [-0.39, 0.29) is 17.6 Å². The summed E-state index contributed by atoms with van der Waals surface area (Å²) in [6.07, 6.45) is 1.75. The number of rotatable bonds is 6. The molecule has 2 heterocycles. The number of ether oxygens (including phenoxy) is 1. The second-order valence-electron chi connectivity index (χ2n) is 7.30. The Morgan fingerprint density at radius 2 is 1.86 bits per heavy atom. The standard InChI is InChI=1S/C22H21NO5S/c1-11-13(3)29-21(23-20(25)14-8-9-14)18(11)22(26)27-10-16(24)19-12(2)15-6-4-5-7-17(15)28-19/h4-7,14H,8-10H2,1-3H3,(H,23,25). The quantitative estimate of drug-likeness (QED) is 0.465. The number of aryl methyl sites for hydroxylation is 2. The van der Waals surface area contributed by atoms with E-state index in [9.17, 15) is 14.4 Å². The zero-order valence-electron chi connectivity index (χ0n) is 16.5. The van der Waals surface area contributed by atoms with E-state index >= 15 is 0 Å². The molecule has 1 amide bonds. The predicted molar refractivity (Wildman–Crippen MR) is 111 cm³/mol. The van der Waals surface area contributed by atoms with Gasteiger partial charge in [-0.2, -0.15) is 0 Å². The fourth-order valence-corrected chi connectivity index (χ4v) is 4.28. The highest BCUT2D eigenvalue weighted by atomic mass is 32.1. The first kappa shape index (κ1) is 19.4. The van der Waals surface area contributed by atoms with Gasteiger partial charge < -0.3 is 14.5 Å². The van der Waals surface area contributed by atoms with Crippen LogP contribution in [-0.2, 0) is 9.53 Å². The lowest BCUT2D eigenvalue weighted by molar-refractivity contribution is -0.117. The van der Waals surface area contributed by atoms with E-state index in [1.54, 1.807) is 19.9 Å². The number of Topliss-reactive ketones (excluding diaryl/α,β-unsaturated/α-hetero) is 1. The molecule has 0 radical (unpaired) electrons. The smallest absolute Gasteiger partial charge is 0.341 e. The van der Waals surface area contributed by atoms with Crippen LogP contribution in [0.2, 0.25) is 0 Å². The van der Waals surface area contributed by atoms with Crippen LogP contribution in [0.15, 0.2) is 28.7 Å². The number of benzene rings is 1. The molecule has 1 fully saturated rings. The van der Waals surface area contributed by atoms with E-state index in [0.717, 1.165) is 34.2 Å². The van der Waals surface area contributed by atoms with Crippen molar-refractivity contribution in [2.45, 2.75) is 33.6 Å². The largest absolute Gasteiger partial charge is 0.453 e. The van der Waals surface area contributed by atoms with Crippen LogP contribution in [0.5, 0.6) is 0 Å². The minimum Gasteiger partial charge on any atom is -0.453 e. The molecule has 29 heavy (non-hydrogen) atoms. The van der Waals surface area contributed by atoms with Crippen molar-refractivity contribution in [3.63, 3.8) is 0 Å². The van der Waals surface area contributed by atoms with Crippen LogP contribution in [-0.4, -0.2) is 24.3 Å². The molecule has 3 aromatic rings. The molecule has 1 saturated carbocycles. The summed E-state index contributed by atoms with van der Waals surface area (Å²) in [7, 11) is 0. The van der Waals surface area contributed by atoms with E-state index in [1.807, 2.05) is 25.1 Å². The predicted octanol–water partition coefficient (Wildman–Crippen LogP) is 4.81. The van der Waals surface area contributed by atoms with Gasteiger partial charge in [0.15, 0.2) is 12.4 Å². The van der Waals surface area contributed by atoms with Gasteiger partial charge in [0.05, 0.1) is 5.56 Å². The van der Waals surface area contributed by atoms with Gasteiger partial charge in [0.25, 0.3) is 0 Å². The number of nitrogens with one attached hydrogen (secondary N) is 1. The maximum atomic E-state index is 12.7. The minimum absolute atomic E-state index is 0.0271. The third-order valence-electron chi connectivity index (χ3n) is 5.21. The number of para-hydroxylation sites is 1. The van der Waals surface area contributed by atoms with Crippen LogP contribution in [0, 0.1) is 26.7 Å². The monoisotopic (exact) mass is 411 g/mol. The van der Waals surface area contributed by atoms with Gasteiger partial charge >= 0.3 is 5.97 Å². The molecule has 0 unspecified atom stereocenters. The Kier molecular flexibility index (Phi) is 5.00. The van der Waals surface area contributed by atoms with Crippen molar-refractivity contribution in [1.29, 1.82) is 0 Å². The third-order valence-corrected chi connectivity index (χ3v) is 6.33. The minimum atomic E-state index is -0.625. The molecule has 0 spiro atoms. The highest BCUT2D eigenvalue weighted by molar-refractivity contribution is 7.16. The van der Waals surface area contributed by atoms with Crippen molar-refractivity contribution < 1.29 is 23.5 Å². The molecule has 7 heteroatoms. The van der Waals surface area contributed by atoms with E-state index in [2.05, 4.69) is 5.32 Å². The molecule has 2 aromatic heterocycles. The van der Waals surface area contributed by atoms with Crippen molar-refractivity contribution >= 4 is 45.0 Å². The molecule has 150 valence electrons. The maximum Gasteiger partial charge on any atom is 0.341 e. The summed E-state index contributed by atoms with van der Waals surface area (Å²) in [4.78, 5) is 38.3. The number of thiophene rings is 1. The van der Waals surface area contributed by atoms with Crippen molar-refractivity contribution in [1.82, 2.24) is 0 Å². The van der Waals surface area contributed by atoms with Crippen LogP contribution in [0.3, 0.4) is 0 Å². The Morgan fingerprint density at radius 3 is 2.55 bits per heavy atom. The number of hydrogen-bond acceptors (Lipinski definition) is 6. The second kappa shape index (κ2) is 7.48. The molecule has 1 N–H and O–H groups in total. The zero-order valence-corrected chi connectivity index (χ0v) is 17.3. The lowest BCUT2D eigenvalue weighted by atomic mass is 10.1. The number of amides is 1. The van der Waals surface area contributed by atoms with Crippen LogP contribution in [0.1, 0.15) is 49.8 Å². The molecule has 4 rings (SSSR count). The van der Waals surface area contributed by atoms with Gasteiger partial charge in [0.1, 0.15) is 10.6 Å². The Labute approximate surface area is 171 Å². The molecule has 0 saturated heterocycles. The summed E-state index contributed by atoms with van der Waals surface area (Å²) >= 11 is 1.34. The third kappa shape index (κ3) is 3.70. The summed E-state index contributed by atoms with van der Waals surface area (Å²) in [5.41, 5.74) is 2.41. The Hall–Kier alpha value is -2.93. The fourth-order valence-electron chi connectivity index (χ4n) is 3.23. The SMILES string of the molecule is Cc1sc(NC(=O)C2CC2)c(C(=O)OCC(=O)c2oc3ccccc3c2C)c1C. The normalized spacial score (nSPS) is 13.5. The van der Waals surface area contributed by atoms with Crippen LogP contribution in [0.4, 0.5) is 5.00 Å². The van der Waals surface area contributed by atoms with E-state index in [1.165, 1.54) is 11.3 Å². The number of ketones is 1. The Balaban J connectivity index is 1.50. The van der Waals surface area contributed by atoms with Crippen molar-refractivity contribution in [3.8, 4) is 0 Å². The van der Waals surface area contributed by atoms with Crippen LogP contribution in [0.25, 0.3) is 11.0 Å². The Morgan fingerprint density at radius 1 is 1.14 bits per heavy atom.